The van der Waals surface area contributed by atoms with Crippen molar-refractivity contribution in [1.82, 2.24) is 0 Å². The Bertz CT molecular complexity index is 1200. The lowest BCUT2D eigenvalue weighted by atomic mass is 9.69. The third-order valence-electron chi connectivity index (χ3n) is 5.86. The molecule has 158 valence electrons. The highest BCUT2D eigenvalue weighted by Crippen LogP contribution is 2.51. The maximum Gasteiger partial charge on any atom is 0.269 e. The average molecular weight is 435 g/mol. The highest BCUT2D eigenvalue weighted by molar-refractivity contribution is 7.10. The van der Waals surface area contributed by atoms with Crippen LogP contribution in [0.5, 0.6) is 0 Å². The van der Waals surface area contributed by atoms with Crippen LogP contribution < -0.4 is 10.6 Å². The predicted molar refractivity (Wildman–Crippen MR) is 119 cm³/mol. The Kier molecular flexibility index (Phi) is 4.94. The Morgan fingerprint density at radius 3 is 2.48 bits per heavy atom. The van der Waals surface area contributed by atoms with Crippen LogP contribution in [0.2, 0.25) is 0 Å². The minimum Gasteiger partial charge on any atom is -0.384 e. The first-order valence-electron chi connectivity index (χ1n) is 9.89. The summed E-state index contributed by atoms with van der Waals surface area (Å²) >= 11 is 1.52. The van der Waals surface area contributed by atoms with Gasteiger partial charge in [0.05, 0.1) is 22.5 Å². The molecule has 0 saturated carbocycles. The summed E-state index contributed by atoms with van der Waals surface area (Å²) in [6.45, 7) is 6.04. The van der Waals surface area contributed by atoms with Crippen LogP contribution in [-0.2, 0) is 4.79 Å². The Labute approximate surface area is 184 Å². The fourth-order valence-corrected chi connectivity index (χ4v) is 5.51. The number of aryl methyl sites for hydroxylation is 1. The van der Waals surface area contributed by atoms with Crippen molar-refractivity contribution in [1.29, 1.82) is 5.26 Å². The molecule has 4 rings (SSSR count). The van der Waals surface area contributed by atoms with Crippen molar-refractivity contribution in [3.8, 4) is 6.07 Å². The summed E-state index contributed by atoms with van der Waals surface area (Å²) in [5.74, 6) is -0.215. The summed E-state index contributed by atoms with van der Waals surface area (Å²) in [5.41, 5.74) is 9.57. The zero-order valence-electron chi connectivity index (χ0n) is 17.5. The number of hydrogen-bond acceptors (Lipinski definition) is 7. The first-order valence-corrected chi connectivity index (χ1v) is 10.8. The number of non-ortho nitro benzene ring substituents is 1. The van der Waals surface area contributed by atoms with Gasteiger partial charge in [-0.05, 0) is 47.9 Å². The summed E-state index contributed by atoms with van der Waals surface area (Å²) in [5, 5.41) is 23.1. The van der Waals surface area contributed by atoms with Gasteiger partial charge >= 0.3 is 0 Å². The number of benzene rings is 1. The summed E-state index contributed by atoms with van der Waals surface area (Å²) in [6.07, 6.45) is 0.991. The number of rotatable bonds is 3. The number of carbonyl (C=O) groups is 1. The molecule has 0 amide bonds. The van der Waals surface area contributed by atoms with Crippen molar-refractivity contribution in [3.05, 3.63) is 78.9 Å². The second-order valence-electron chi connectivity index (χ2n) is 8.72. The van der Waals surface area contributed by atoms with Gasteiger partial charge in [0, 0.05) is 40.4 Å². The number of ketones is 1. The van der Waals surface area contributed by atoms with E-state index in [1.54, 1.807) is 17.0 Å². The molecule has 0 spiro atoms. The monoisotopic (exact) mass is 434 g/mol. The molecular formula is C23H22N4O3S. The van der Waals surface area contributed by atoms with E-state index >= 15 is 0 Å². The lowest BCUT2D eigenvalue weighted by molar-refractivity contribution is -0.384. The van der Waals surface area contributed by atoms with Gasteiger partial charge in [-0.15, -0.1) is 11.3 Å². The lowest BCUT2D eigenvalue weighted by Crippen LogP contribution is -2.42. The van der Waals surface area contributed by atoms with Crippen molar-refractivity contribution in [2.24, 2.45) is 11.1 Å². The summed E-state index contributed by atoms with van der Waals surface area (Å²) in [6, 6.07) is 10.2. The SMILES string of the molecule is Cc1ccsc1[C@@H]1C(C#N)=C(N)N(c2ccc([N+](=O)[O-])cc2)C2=C1C(=O)CC(C)(C)C2. The first kappa shape index (κ1) is 20.8. The number of nitro groups is 1. The largest absolute Gasteiger partial charge is 0.384 e. The number of Topliss-reactive ketones (excluding diaryl/α,β-unsaturated/α-hetero) is 1. The molecule has 1 atom stereocenters. The first-order chi connectivity index (χ1) is 14.6. The van der Waals surface area contributed by atoms with Gasteiger partial charge in [-0.2, -0.15) is 5.26 Å². The third-order valence-corrected chi connectivity index (χ3v) is 6.95. The van der Waals surface area contributed by atoms with Crippen molar-refractivity contribution in [2.75, 3.05) is 4.90 Å². The molecule has 0 bridgehead atoms. The Morgan fingerprint density at radius 1 is 1.26 bits per heavy atom. The van der Waals surface area contributed by atoms with Crippen molar-refractivity contribution in [3.63, 3.8) is 0 Å². The van der Waals surface area contributed by atoms with E-state index in [9.17, 15) is 20.2 Å². The molecule has 31 heavy (non-hydrogen) atoms. The normalized spacial score (nSPS) is 20.5. The Hall–Kier alpha value is -3.44. The van der Waals surface area contributed by atoms with E-state index in [0.717, 1.165) is 16.1 Å². The highest BCUT2D eigenvalue weighted by Gasteiger charge is 2.45. The topological polar surface area (TPSA) is 113 Å². The van der Waals surface area contributed by atoms with Gasteiger partial charge in [-0.1, -0.05) is 13.8 Å². The maximum absolute atomic E-state index is 13.4. The van der Waals surface area contributed by atoms with Gasteiger partial charge in [-0.3, -0.25) is 19.8 Å². The van der Waals surface area contributed by atoms with Crippen molar-refractivity contribution in [2.45, 2.75) is 39.5 Å². The molecule has 0 radical (unpaired) electrons. The van der Waals surface area contributed by atoms with E-state index in [1.807, 2.05) is 32.2 Å². The number of thiophene rings is 1. The summed E-state index contributed by atoms with van der Waals surface area (Å²) < 4.78 is 0. The highest BCUT2D eigenvalue weighted by atomic mass is 32.1. The van der Waals surface area contributed by atoms with Crippen LogP contribution in [0.4, 0.5) is 11.4 Å². The second kappa shape index (κ2) is 7.36. The van der Waals surface area contributed by atoms with Gasteiger partial charge in [-0.25, -0.2) is 0 Å². The molecular weight excluding hydrogens is 412 g/mol. The molecule has 1 aromatic heterocycles. The minimum atomic E-state index is -0.488. The molecule has 2 aliphatic rings. The molecule has 7 nitrogen and oxygen atoms in total. The van der Waals surface area contributed by atoms with Crippen LogP contribution in [-0.4, -0.2) is 10.7 Å². The molecule has 0 fully saturated rings. The fourth-order valence-electron chi connectivity index (χ4n) is 4.47. The third kappa shape index (κ3) is 3.41. The fraction of sp³-hybridized carbons (Fsp3) is 0.304. The van der Waals surface area contributed by atoms with Crippen LogP contribution in [0.1, 0.15) is 43.0 Å². The van der Waals surface area contributed by atoms with Gasteiger partial charge in [0.25, 0.3) is 5.69 Å². The van der Waals surface area contributed by atoms with Crippen LogP contribution in [0, 0.1) is 33.8 Å². The molecule has 2 aromatic rings. The molecule has 8 heteroatoms. The second-order valence-corrected chi connectivity index (χ2v) is 9.67. The zero-order chi connectivity index (χ0) is 22.5. The summed E-state index contributed by atoms with van der Waals surface area (Å²) in [4.78, 5) is 26.7. The maximum atomic E-state index is 13.4. The standard InChI is InChI=1S/C23H22N4O3S/c1-13-8-9-31-21(13)19-16(12-24)22(25)26(14-4-6-15(7-5-14)27(29)30)17-10-23(2,3)11-18(28)20(17)19/h4-9,19H,10-11,25H2,1-3H3/t19-/m1/s1. The zero-order valence-corrected chi connectivity index (χ0v) is 18.3. The van der Waals surface area contributed by atoms with Crippen LogP contribution in [0.15, 0.2) is 58.4 Å². The molecule has 1 aliphatic carbocycles. The van der Waals surface area contributed by atoms with Crippen LogP contribution >= 0.6 is 11.3 Å². The van der Waals surface area contributed by atoms with E-state index in [4.69, 9.17) is 5.73 Å². The predicted octanol–water partition coefficient (Wildman–Crippen LogP) is 4.91. The quantitative estimate of drug-likeness (QED) is 0.543. The van der Waals surface area contributed by atoms with E-state index in [2.05, 4.69) is 6.07 Å². The van der Waals surface area contributed by atoms with Crippen LogP contribution in [0.25, 0.3) is 0 Å². The number of nitrogens with two attached hydrogens (primary N) is 1. The molecule has 2 heterocycles. The smallest absolute Gasteiger partial charge is 0.269 e. The Morgan fingerprint density at radius 2 is 1.94 bits per heavy atom. The number of carbonyl (C=O) groups excluding carboxylic acids is 1. The summed E-state index contributed by atoms with van der Waals surface area (Å²) in [7, 11) is 0. The van der Waals surface area contributed by atoms with Crippen molar-refractivity contribution < 1.29 is 9.72 Å². The van der Waals surface area contributed by atoms with E-state index in [0.29, 0.717) is 29.7 Å². The number of nitro benzene ring substituents is 1. The number of nitrogens with zero attached hydrogens (tertiary/aromatic N) is 3. The Balaban J connectivity index is 1.97. The van der Waals surface area contributed by atoms with E-state index in [1.165, 1.54) is 23.5 Å². The molecule has 1 aromatic carbocycles. The van der Waals surface area contributed by atoms with Gasteiger partial charge in [0.2, 0.25) is 0 Å². The van der Waals surface area contributed by atoms with Gasteiger partial charge < -0.3 is 5.73 Å². The molecule has 1 aliphatic heterocycles. The minimum absolute atomic E-state index is 0.0104. The number of anilines is 1. The number of allylic oxidation sites excluding steroid dienone is 3. The van der Waals surface area contributed by atoms with Crippen LogP contribution in [0.3, 0.4) is 0 Å². The van der Waals surface area contributed by atoms with Gasteiger partial charge in [0.15, 0.2) is 5.78 Å². The number of nitriles is 1. The lowest BCUT2D eigenvalue weighted by Gasteiger charge is -2.43. The van der Waals surface area contributed by atoms with E-state index in [-0.39, 0.29) is 22.7 Å². The average Bonchev–Trinajstić information content (AvgIpc) is 3.12. The van der Waals surface area contributed by atoms with E-state index < -0.39 is 10.8 Å². The molecule has 0 unspecified atom stereocenters. The van der Waals surface area contributed by atoms with Crippen molar-refractivity contribution >= 4 is 28.5 Å². The molecule has 0 saturated heterocycles. The van der Waals surface area contributed by atoms with Gasteiger partial charge in [0.1, 0.15) is 5.82 Å². The molecule has 2 N–H and O–H groups in total. The number of hydrogen-bond donors (Lipinski definition) is 1.